The molecule has 0 fully saturated rings. The zero-order chi connectivity index (χ0) is 12.5. The summed E-state index contributed by atoms with van der Waals surface area (Å²) >= 11 is 1.21. The highest BCUT2D eigenvalue weighted by molar-refractivity contribution is 7.07. The highest BCUT2D eigenvalue weighted by atomic mass is 32.1. The van der Waals surface area contributed by atoms with Gasteiger partial charge < -0.3 is 9.84 Å². The van der Waals surface area contributed by atoms with E-state index in [4.69, 9.17) is 4.74 Å². The van der Waals surface area contributed by atoms with Crippen LogP contribution in [0.15, 0.2) is 24.3 Å². The Bertz CT molecular complexity index is 517. The number of rotatable bonds is 2. The largest absolute Gasteiger partial charge is 0.508 e. The molecule has 2 aromatic rings. The van der Waals surface area contributed by atoms with Crippen LogP contribution >= 0.6 is 11.5 Å². The van der Waals surface area contributed by atoms with E-state index in [1.807, 2.05) is 20.8 Å². The molecule has 5 heteroatoms. The lowest BCUT2D eigenvalue weighted by Gasteiger charge is -2.11. The molecule has 0 spiro atoms. The molecule has 2 rings (SSSR count). The molecule has 1 aromatic carbocycles. The average molecular weight is 250 g/mol. The molecule has 0 saturated heterocycles. The van der Waals surface area contributed by atoms with Gasteiger partial charge in [0.05, 0.1) is 0 Å². The van der Waals surface area contributed by atoms with Gasteiger partial charge in [-0.1, -0.05) is 26.8 Å². The van der Waals surface area contributed by atoms with E-state index < -0.39 is 0 Å². The Balaban J connectivity index is 2.17. The Morgan fingerprint density at radius 1 is 1.29 bits per heavy atom. The van der Waals surface area contributed by atoms with E-state index in [9.17, 15) is 5.11 Å². The van der Waals surface area contributed by atoms with Crippen LogP contribution in [-0.2, 0) is 5.41 Å². The zero-order valence-electron chi connectivity index (χ0n) is 9.97. The van der Waals surface area contributed by atoms with Crippen LogP contribution in [0.5, 0.6) is 16.7 Å². The van der Waals surface area contributed by atoms with Crippen LogP contribution in [0.3, 0.4) is 0 Å². The molecule has 0 amide bonds. The number of aromatic nitrogens is 2. The Hall–Kier alpha value is -1.62. The molecule has 0 atom stereocenters. The minimum Gasteiger partial charge on any atom is -0.508 e. The lowest BCUT2D eigenvalue weighted by atomic mass is 9.96. The summed E-state index contributed by atoms with van der Waals surface area (Å²) in [5.41, 5.74) is -0.0864. The Labute approximate surface area is 104 Å². The van der Waals surface area contributed by atoms with E-state index in [-0.39, 0.29) is 11.2 Å². The Morgan fingerprint density at radius 2 is 2.06 bits per heavy atom. The van der Waals surface area contributed by atoms with Crippen LogP contribution in [-0.4, -0.2) is 14.5 Å². The second-order valence-corrected chi connectivity index (χ2v) is 5.45. The highest BCUT2D eigenvalue weighted by Gasteiger charge is 2.20. The predicted octanol–water partition coefficient (Wildman–Crippen LogP) is 3.33. The van der Waals surface area contributed by atoms with Crippen molar-refractivity contribution in [3.63, 3.8) is 0 Å². The van der Waals surface area contributed by atoms with Gasteiger partial charge in [0, 0.05) is 23.0 Å². The smallest absolute Gasteiger partial charge is 0.298 e. The van der Waals surface area contributed by atoms with Gasteiger partial charge in [0.25, 0.3) is 5.19 Å². The molecule has 0 radical (unpaired) electrons. The second kappa shape index (κ2) is 4.33. The predicted molar refractivity (Wildman–Crippen MR) is 66.8 cm³/mol. The number of phenolic OH excluding ortho intramolecular Hbond substituents is 1. The normalized spacial score (nSPS) is 11.5. The average Bonchev–Trinajstić information content (AvgIpc) is 2.65. The second-order valence-electron chi connectivity index (χ2n) is 4.73. The Kier molecular flexibility index (Phi) is 3.02. The van der Waals surface area contributed by atoms with Gasteiger partial charge >= 0.3 is 0 Å². The van der Waals surface area contributed by atoms with Gasteiger partial charge in [-0.25, -0.2) is 0 Å². The monoisotopic (exact) mass is 250 g/mol. The van der Waals surface area contributed by atoms with Gasteiger partial charge in [-0.05, 0) is 12.1 Å². The maximum atomic E-state index is 9.31. The van der Waals surface area contributed by atoms with Crippen molar-refractivity contribution in [1.82, 2.24) is 9.36 Å². The summed E-state index contributed by atoms with van der Waals surface area (Å²) in [5, 5.41) is 9.80. The lowest BCUT2D eigenvalue weighted by molar-refractivity contribution is 0.449. The van der Waals surface area contributed by atoms with Crippen LogP contribution in [0.25, 0.3) is 0 Å². The van der Waals surface area contributed by atoms with Crippen LogP contribution in [0.1, 0.15) is 26.6 Å². The molecule has 0 aliphatic rings. The fraction of sp³-hybridized carbons (Fsp3) is 0.333. The van der Waals surface area contributed by atoms with Crippen LogP contribution in [0, 0.1) is 0 Å². The molecule has 1 N–H and O–H groups in total. The number of aromatic hydroxyl groups is 1. The molecule has 1 aromatic heterocycles. The third-order valence-corrected chi connectivity index (χ3v) is 2.70. The molecule has 0 aliphatic carbocycles. The summed E-state index contributed by atoms with van der Waals surface area (Å²) in [6.45, 7) is 6.15. The third-order valence-electron chi connectivity index (χ3n) is 2.10. The van der Waals surface area contributed by atoms with Crippen molar-refractivity contribution < 1.29 is 9.84 Å². The van der Waals surface area contributed by atoms with E-state index in [0.29, 0.717) is 10.9 Å². The summed E-state index contributed by atoms with van der Waals surface area (Å²) in [6.07, 6.45) is 0. The number of benzene rings is 1. The SMILES string of the molecule is CC(C)(C)c1nsc(Oc2cccc(O)c2)n1. The molecule has 0 aliphatic heterocycles. The highest BCUT2D eigenvalue weighted by Crippen LogP contribution is 2.29. The first-order valence-corrected chi connectivity index (χ1v) is 6.03. The van der Waals surface area contributed by atoms with Gasteiger partial charge in [0.15, 0.2) is 5.82 Å². The van der Waals surface area contributed by atoms with E-state index in [1.54, 1.807) is 18.2 Å². The summed E-state index contributed by atoms with van der Waals surface area (Å²) in [7, 11) is 0. The number of ether oxygens (including phenoxy) is 1. The summed E-state index contributed by atoms with van der Waals surface area (Å²) in [4.78, 5) is 4.31. The first-order chi connectivity index (χ1) is 7.95. The van der Waals surface area contributed by atoms with Gasteiger partial charge in [-0.3, -0.25) is 0 Å². The quantitative estimate of drug-likeness (QED) is 0.888. The molecular formula is C12H14N2O2S. The van der Waals surface area contributed by atoms with Gasteiger partial charge in [0.2, 0.25) is 0 Å². The zero-order valence-corrected chi connectivity index (χ0v) is 10.8. The van der Waals surface area contributed by atoms with Crippen molar-refractivity contribution in [3.8, 4) is 16.7 Å². The summed E-state index contributed by atoms with van der Waals surface area (Å²) in [6, 6.07) is 6.61. The molecule has 90 valence electrons. The minimum atomic E-state index is -0.0864. The maximum Gasteiger partial charge on any atom is 0.298 e. The molecule has 4 nitrogen and oxygen atoms in total. The van der Waals surface area contributed by atoms with Crippen LogP contribution < -0.4 is 4.74 Å². The van der Waals surface area contributed by atoms with Crippen LogP contribution in [0.2, 0.25) is 0 Å². The van der Waals surface area contributed by atoms with Crippen molar-refractivity contribution in [1.29, 1.82) is 0 Å². The fourth-order valence-corrected chi connectivity index (χ4v) is 1.94. The minimum absolute atomic E-state index is 0.0864. The van der Waals surface area contributed by atoms with Gasteiger partial charge in [0.1, 0.15) is 11.5 Å². The topological polar surface area (TPSA) is 55.2 Å². The Morgan fingerprint density at radius 3 is 2.65 bits per heavy atom. The van der Waals surface area contributed by atoms with E-state index in [2.05, 4.69) is 9.36 Å². The summed E-state index contributed by atoms with van der Waals surface area (Å²) in [5.74, 6) is 1.49. The van der Waals surface area contributed by atoms with Crippen molar-refractivity contribution in [2.45, 2.75) is 26.2 Å². The number of nitrogens with zero attached hydrogens (tertiary/aromatic N) is 2. The lowest BCUT2D eigenvalue weighted by Crippen LogP contribution is -2.12. The molecule has 0 bridgehead atoms. The van der Waals surface area contributed by atoms with Crippen molar-refractivity contribution in [3.05, 3.63) is 30.1 Å². The molecule has 17 heavy (non-hydrogen) atoms. The first-order valence-electron chi connectivity index (χ1n) is 5.26. The molecular weight excluding hydrogens is 236 g/mol. The maximum absolute atomic E-state index is 9.31. The molecule has 0 unspecified atom stereocenters. The van der Waals surface area contributed by atoms with Gasteiger partial charge in [-0.2, -0.15) is 9.36 Å². The fourth-order valence-electron chi connectivity index (χ4n) is 1.20. The molecule has 0 saturated carbocycles. The number of hydrogen-bond donors (Lipinski definition) is 1. The number of phenols is 1. The van der Waals surface area contributed by atoms with Gasteiger partial charge in [-0.15, -0.1) is 0 Å². The third kappa shape index (κ3) is 2.94. The van der Waals surface area contributed by atoms with Crippen molar-refractivity contribution in [2.75, 3.05) is 0 Å². The van der Waals surface area contributed by atoms with Crippen LogP contribution in [0.4, 0.5) is 0 Å². The number of hydrogen-bond acceptors (Lipinski definition) is 5. The van der Waals surface area contributed by atoms with Crippen molar-refractivity contribution in [2.24, 2.45) is 0 Å². The molecule has 1 heterocycles. The first kappa shape index (κ1) is 11.9. The standard InChI is InChI=1S/C12H14N2O2S/c1-12(2,3)10-13-11(17-14-10)16-9-6-4-5-8(15)7-9/h4-7,15H,1-3H3. The van der Waals surface area contributed by atoms with E-state index in [0.717, 1.165) is 5.82 Å². The van der Waals surface area contributed by atoms with E-state index >= 15 is 0 Å². The summed E-state index contributed by atoms with van der Waals surface area (Å²) < 4.78 is 9.77. The van der Waals surface area contributed by atoms with E-state index in [1.165, 1.54) is 17.6 Å². The van der Waals surface area contributed by atoms with Crippen molar-refractivity contribution >= 4 is 11.5 Å².